The van der Waals surface area contributed by atoms with Crippen LogP contribution >= 0.6 is 11.3 Å². The first-order valence-electron chi connectivity index (χ1n) is 12.0. The molecule has 1 fully saturated rings. The summed E-state index contributed by atoms with van der Waals surface area (Å²) < 4.78 is 5.73. The summed E-state index contributed by atoms with van der Waals surface area (Å²) in [6.45, 7) is 8.89. The fourth-order valence-electron chi connectivity index (χ4n) is 3.97. The topological polar surface area (TPSA) is 83.0 Å². The van der Waals surface area contributed by atoms with Crippen LogP contribution in [-0.4, -0.2) is 47.2 Å². The van der Waals surface area contributed by atoms with Gasteiger partial charge in [0, 0.05) is 30.6 Å². The van der Waals surface area contributed by atoms with Gasteiger partial charge < -0.3 is 9.84 Å². The van der Waals surface area contributed by atoms with Crippen molar-refractivity contribution < 1.29 is 19.4 Å². The highest BCUT2D eigenvalue weighted by Gasteiger charge is 2.34. The van der Waals surface area contributed by atoms with Gasteiger partial charge in [-0.05, 0) is 64.5 Å². The van der Waals surface area contributed by atoms with Gasteiger partial charge in [-0.25, -0.2) is 19.8 Å². The highest BCUT2D eigenvalue weighted by atomic mass is 32.1. The van der Waals surface area contributed by atoms with E-state index in [9.17, 15) is 14.7 Å². The molecule has 35 heavy (non-hydrogen) atoms. The number of carboxylic acid groups (broad SMARTS) is 1. The SMILES string of the molecule is CC1CCC(C(=O)N(c2cc(C#CC(C)(C)C)sc2C(=O)O)N(C)CCOc2ccccn2)CC1. The predicted octanol–water partition coefficient (Wildman–Crippen LogP) is 5.32. The fourth-order valence-corrected chi connectivity index (χ4v) is 4.80. The van der Waals surface area contributed by atoms with Crippen molar-refractivity contribution in [3.8, 4) is 17.7 Å². The summed E-state index contributed by atoms with van der Waals surface area (Å²) >= 11 is 1.10. The third kappa shape index (κ3) is 7.55. The lowest BCUT2D eigenvalue weighted by molar-refractivity contribution is -0.126. The van der Waals surface area contributed by atoms with Gasteiger partial charge in [-0.2, -0.15) is 0 Å². The Morgan fingerprint density at radius 1 is 1.23 bits per heavy atom. The van der Waals surface area contributed by atoms with Gasteiger partial charge in [0.05, 0.1) is 17.1 Å². The summed E-state index contributed by atoms with van der Waals surface area (Å²) in [7, 11) is 1.79. The Morgan fingerprint density at radius 2 is 1.94 bits per heavy atom. The molecule has 7 nitrogen and oxygen atoms in total. The first-order valence-corrected chi connectivity index (χ1v) is 12.9. The molecule has 2 aromatic rings. The zero-order chi connectivity index (χ0) is 25.6. The molecule has 0 saturated heterocycles. The summed E-state index contributed by atoms with van der Waals surface area (Å²) in [5, 5.41) is 13.2. The fraction of sp³-hybridized carbons (Fsp3) is 0.519. The highest BCUT2D eigenvalue weighted by Crippen LogP contribution is 2.35. The monoisotopic (exact) mass is 497 g/mol. The van der Waals surface area contributed by atoms with Crippen molar-refractivity contribution >= 4 is 28.9 Å². The smallest absolute Gasteiger partial charge is 0.348 e. The van der Waals surface area contributed by atoms with Crippen LogP contribution in [-0.2, 0) is 4.79 Å². The maximum atomic E-state index is 13.8. The summed E-state index contributed by atoms with van der Waals surface area (Å²) in [4.78, 5) is 30.9. The molecule has 0 bridgehead atoms. The van der Waals surface area contributed by atoms with Crippen LogP contribution < -0.4 is 9.75 Å². The van der Waals surface area contributed by atoms with E-state index in [1.54, 1.807) is 30.4 Å². The number of carbonyl (C=O) groups is 2. The summed E-state index contributed by atoms with van der Waals surface area (Å²) in [6, 6.07) is 7.16. The Labute approximate surface area is 212 Å². The Hall–Kier alpha value is -2.89. The summed E-state index contributed by atoms with van der Waals surface area (Å²) in [6.07, 6.45) is 5.25. The minimum Gasteiger partial charge on any atom is -0.477 e. The second-order valence-electron chi connectivity index (χ2n) is 10.1. The number of carbonyl (C=O) groups excluding carboxylic acids is 1. The van der Waals surface area contributed by atoms with E-state index < -0.39 is 5.97 Å². The molecule has 0 atom stereocenters. The Kier molecular flexibility index (Phi) is 8.92. The number of hydrogen-bond acceptors (Lipinski definition) is 6. The number of hydrogen-bond donors (Lipinski definition) is 1. The molecule has 1 aliphatic rings. The number of carboxylic acids is 1. The number of amides is 1. The van der Waals surface area contributed by atoms with Gasteiger partial charge in [0.25, 0.3) is 0 Å². The van der Waals surface area contributed by atoms with Gasteiger partial charge in [-0.3, -0.25) is 4.79 Å². The highest BCUT2D eigenvalue weighted by molar-refractivity contribution is 7.15. The van der Waals surface area contributed by atoms with Crippen molar-refractivity contribution in [1.29, 1.82) is 0 Å². The molecule has 0 unspecified atom stereocenters. The van der Waals surface area contributed by atoms with E-state index in [0.29, 0.717) is 35.5 Å². The zero-order valence-electron chi connectivity index (χ0n) is 21.2. The lowest BCUT2D eigenvalue weighted by Gasteiger charge is -2.36. The van der Waals surface area contributed by atoms with E-state index in [0.717, 1.165) is 37.0 Å². The quantitative estimate of drug-likeness (QED) is 0.392. The first kappa shape index (κ1) is 26.7. The largest absolute Gasteiger partial charge is 0.477 e. The van der Waals surface area contributed by atoms with Crippen LogP contribution in [0, 0.1) is 29.1 Å². The minimum absolute atomic E-state index is 0.0760. The second kappa shape index (κ2) is 11.7. The molecule has 0 aliphatic heterocycles. The van der Waals surface area contributed by atoms with Crippen LogP contribution in [0.1, 0.15) is 67.9 Å². The standard InChI is InChI=1S/C27H35N3O4S/c1-19-9-11-20(12-10-19)25(31)30(29(5)16-17-34-23-8-6-7-15-28-23)22-18-21(13-14-27(2,3)4)35-24(22)26(32)33/h6-8,15,18-20H,9-12,16-17H2,1-5H3,(H,32,33). The maximum absolute atomic E-state index is 13.8. The molecule has 1 aliphatic carbocycles. The van der Waals surface area contributed by atoms with E-state index in [4.69, 9.17) is 4.74 Å². The molecular weight excluding hydrogens is 462 g/mol. The van der Waals surface area contributed by atoms with Crippen molar-refractivity contribution in [1.82, 2.24) is 9.99 Å². The Morgan fingerprint density at radius 3 is 2.54 bits per heavy atom. The van der Waals surface area contributed by atoms with Gasteiger partial charge in [-0.1, -0.05) is 24.8 Å². The number of ether oxygens (including phenoxy) is 1. The van der Waals surface area contributed by atoms with Gasteiger partial charge >= 0.3 is 5.97 Å². The van der Waals surface area contributed by atoms with Crippen molar-refractivity contribution in [2.45, 2.75) is 53.4 Å². The third-order valence-electron chi connectivity index (χ3n) is 5.91. The van der Waals surface area contributed by atoms with E-state index in [1.807, 2.05) is 32.9 Å². The average Bonchev–Trinajstić information content (AvgIpc) is 3.23. The second-order valence-corrected chi connectivity index (χ2v) is 11.2. The molecule has 1 N–H and O–H groups in total. The van der Waals surface area contributed by atoms with Crippen molar-refractivity contribution in [3.63, 3.8) is 0 Å². The molecule has 0 aromatic carbocycles. The van der Waals surface area contributed by atoms with Crippen LogP contribution in [0.2, 0.25) is 0 Å². The lowest BCUT2D eigenvalue weighted by Crippen LogP contribution is -2.49. The number of pyridine rings is 1. The molecule has 2 heterocycles. The van der Waals surface area contributed by atoms with Gasteiger partial charge in [0.15, 0.2) is 0 Å². The normalized spacial score (nSPS) is 18.0. The number of aromatic nitrogens is 1. The van der Waals surface area contributed by atoms with Crippen LogP contribution in [0.25, 0.3) is 0 Å². The molecule has 0 radical (unpaired) electrons. The van der Waals surface area contributed by atoms with E-state index in [2.05, 4.69) is 23.7 Å². The number of nitrogens with zero attached hydrogens (tertiary/aromatic N) is 3. The van der Waals surface area contributed by atoms with Crippen molar-refractivity contribution in [2.75, 3.05) is 25.2 Å². The minimum atomic E-state index is -1.07. The number of anilines is 1. The summed E-state index contributed by atoms with van der Waals surface area (Å²) in [5.74, 6) is 6.08. The number of aromatic carboxylic acids is 1. The van der Waals surface area contributed by atoms with E-state index in [-0.39, 0.29) is 22.1 Å². The molecule has 2 aromatic heterocycles. The number of hydrazine groups is 1. The molecule has 3 rings (SSSR count). The van der Waals surface area contributed by atoms with Crippen LogP contribution in [0.4, 0.5) is 5.69 Å². The van der Waals surface area contributed by atoms with E-state index >= 15 is 0 Å². The van der Waals surface area contributed by atoms with Crippen molar-refractivity contribution in [2.24, 2.45) is 17.3 Å². The first-order chi connectivity index (χ1) is 16.5. The van der Waals surface area contributed by atoms with Gasteiger partial charge in [0.1, 0.15) is 11.5 Å². The molecule has 188 valence electrons. The van der Waals surface area contributed by atoms with Gasteiger partial charge in [0.2, 0.25) is 11.8 Å². The number of likely N-dealkylation sites (N-methyl/N-ethyl adjacent to an activating group) is 1. The lowest BCUT2D eigenvalue weighted by atomic mass is 9.82. The zero-order valence-corrected chi connectivity index (χ0v) is 22.0. The third-order valence-corrected chi connectivity index (χ3v) is 6.94. The molecule has 0 spiro atoms. The maximum Gasteiger partial charge on any atom is 0.348 e. The van der Waals surface area contributed by atoms with Crippen LogP contribution in [0.15, 0.2) is 30.5 Å². The van der Waals surface area contributed by atoms with Gasteiger partial charge in [-0.15, -0.1) is 11.3 Å². The molecule has 1 amide bonds. The average molecular weight is 498 g/mol. The number of thiophene rings is 1. The molecule has 1 saturated carbocycles. The summed E-state index contributed by atoms with van der Waals surface area (Å²) in [5.41, 5.74) is 0.145. The Bertz CT molecular complexity index is 1070. The number of rotatable bonds is 8. The van der Waals surface area contributed by atoms with Crippen molar-refractivity contribution in [3.05, 3.63) is 40.2 Å². The molecular formula is C27H35N3O4S. The molecule has 8 heteroatoms. The van der Waals surface area contributed by atoms with Crippen LogP contribution in [0.5, 0.6) is 5.88 Å². The van der Waals surface area contributed by atoms with Crippen LogP contribution in [0.3, 0.4) is 0 Å². The Balaban J connectivity index is 1.90. The van der Waals surface area contributed by atoms with E-state index in [1.165, 1.54) is 5.01 Å². The predicted molar refractivity (Wildman–Crippen MR) is 139 cm³/mol.